The maximum absolute atomic E-state index is 12.4. The van der Waals surface area contributed by atoms with Crippen LogP contribution < -0.4 is 5.32 Å². The molecule has 0 spiro atoms. The van der Waals surface area contributed by atoms with Crippen LogP contribution in [0.1, 0.15) is 44.9 Å². The third kappa shape index (κ3) is 3.05. The third-order valence-electron chi connectivity index (χ3n) is 4.93. The van der Waals surface area contributed by atoms with Gasteiger partial charge in [0.2, 0.25) is 5.91 Å². The standard InChI is InChI=1S/C16H21BrN2O/c17-15-14(6-3-9-18-15)19-16(20)13-8-7-11-4-1-2-5-12(11)10-13/h3,6,9,11-13H,1-2,4-5,7-8,10H2,(H,19,20). The van der Waals surface area contributed by atoms with E-state index in [0.29, 0.717) is 4.60 Å². The predicted molar refractivity (Wildman–Crippen MR) is 83.4 cm³/mol. The minimum Gasteiger partial charge on any atom is -0.324 e. The van der Waals surface area contributed by atoms with Gasteiger partial charge in [-0.15, -0.1) is 0 Å². The summed E-state index contributed by atoms with van der Waals surface area (Å²) in [5, 5.41) is 3.03. The topological polar surface area (TPSA) is 42.0 Å². The first-order valence-corrected chi connectivity index (χ1v) is 8.44. The van der Waals surface area contributed by atoms with E-state index >= 15 is 0 Å². The van der Waals surface area contributed by atoms with E-state index < -0.39 is 0 Å². The molecule has 0 saturated heterocycles. The van der Waals surface area contributed by atoms with Crippen LogP contribution in [-0.4, -0.2) is 10.9 Å². The molecule has 3 unspecified atom stereocenters. The fraction of sp³-hybridized carbons (Fsp3) is 0.625. The number of anilines is 1. The Hall–Kier alpha value is -0.900. The SMILES string of the molecule is O=C(Nc1cccnc1Br)C1CCC2CCCCC2C1. The van der Waals surface area contributed by atoms with Gasteiger partial charge in [0.25, 0.3) is 0 Å². The first-order valence-electron chi connectivity index (χ1n) is 7.65. The predicted octanol–water partition coefficient (Wildman–Crippen LogP) is 4.39. The minimum absolute atomic E-state index is 0.169. The van der Waals surface area contributed by atoms with Gasteiger partial charge in [-0.1, -0.05) is 25.7 Å². The van der Waals surface area contributed by atoms with Crippen molar-refractivity contribution in [2.75, 3.05) is 5.32 Å². The van der Waals surface area contributed by atoms with Crippen LogP contribution in [0.25, 0.3) is 0 Å². The number of hydrogen-bond acceptors (Lipinski definition) is 2. The van der Waals surface area contributed by atoms with Crippen molar-refractivity contribution in [1.29, 1.82) is 0 Å². The molecular formula is C16H21BrN2O. The zero-order valence-corrected chi connectivity index (χ0v) is 13.2. The average molecular weight is 337 g/mol. The summed E-state index contributed by atoms with van der Waals surface area (Å²) in [6, 6.07) is 3.74. The van der Waals surface area contributed by atoms with E-state index in [9.17, 15) is 4.79 Å². The van der Waals surface area contributed by atoms with Gasteiger partial charge in [0, 0.05) is 12.1 Å². The summed E-state index contributed by atoms with van der Waals surface area (Å²) in [4.78, 5) is 16.6. The molecule has 20 heavy (non-hydrogen) atoms. The number of hydrogen-bond donors (Lipinski definition) is 1. The Bertz CT molecular complexity index is 491. The summed E-state index contributed by atoms with van der Waals surface area (Å²) in [7, 11) is 0. The molecule has 1 heterocycles. The van der Waals surface area contributed by atoms with Gasteiger partial charge in [-0.05, 0) is 59.2 Å². The first kappa shape index (κ1) is 14.1. The highest BCUT2D eigenvalue weighted by Gasteiger charge is 2.35. The maximum Gasteiger partial charge on any atom is 0.227 e. The fourth-order valence-corrected chi connectivity index (χ4v) is 4.18. The average Bonchev–Trinajstić information content (AvgIpc) is 2.49. The lowest BCUT2D eigenvalue weighted by molar-refractivity contribution is -0.122. The van der Waals surface area contributed by atoms with Crippen LogP contribution in [0, 0.1) is 17.8 Å². The lowest BCUT2D eigenvalue weighted by atomic mass is 9.67. The van der Waals surface area contributed by atoms with Crippen molar-refractivity contribution in [1.82, 2.24) is 4.98 Å². The van der Waals surface area contributed by atoms with Crippen molar-refractivity contribution in [2.45, 2.75) is 44.9 Å². The monoisotopic (exact) mass is 336 g/mol. The quantitative estimate of drug-likeness (QED) is 0.814. The van der Waals surface area contributed by atoms with Gasteiger partial charge in [0.1, 0.15) is 4.60 Å². The Labute approximate surface area is 128 Å². The number of carbonyl (C=O) groups is 1. The minimum atomic E-state index is 0.169. The zero-order valence-electron chi connectivity index (χ0n) is 11.6. The van der Waals surface area contributed by atoms with Gasteiger partial charge in [-0.2, -0.15) is 0 Å². The van der Waals surface area contributed by atoms with Crippen LogP contribution in [0.4, 0.5) is 5.69 Å². The molecule has 1 aromatic rings. The molecule has 3 rings (SSSR count). The molecule has 3 nitrogen and oxygen atoms in total. The number of nitrogens with one attached hydrogen (secondary N) is 1. The Morgan fingerprint density at radius 1 is 1.20 bits per heavy atom. The second-order valence-electron chi connectivity index (χ2n) is 6.15. The van der Waals surface area contributed by atoms with Crippen molar-refractivity contribution in [3.8, 4) is 0 Å². The molecule has 0 aliphatic heterocycles. The number of carbonyl (C=O) groups excluding carboxylic acids is 1. The van der Waals surface area contributed by atoms with Gasteiger partial charge in [-0.25, -0.2) is 4.98 Å². The van der Waals surface area contributed by atoms with Crippen molar-refractivity contribution in [2.24, 2.45) is 17.8 Å². The number of fused-ring (bicyclic) bond motifs is 1. The highest BCUT2D eigenvalue weighted by Crippen LogP contribution is 2.43. The largest absolute Gasteiger partial charge is 0.324 e. The fourth-order valence-electron chi connectivity index (χ4n) is 3.83. The molecule has 2 aliphatic carbocycles. The van der Waals surface area contributed by atoms with Crippen LogP contribution in [0.5, 0.6) is 0 Å². The molecule has 1 amide bonds. The van der Waals surface area contributed by atoms with E-state index in [-0.39, 0.29) is 11.8 Å². The second kappa shape index (κ2) is 6.25. The number of amides is 1. The van der Waals surface area contributed by atoms with Crippen LogP contribution in [0.15, 0.2) is 22.9 Å². The van der Waals surface area contributed by atoms with Crippen molar-refractivity contribution < 1.29 is 4.79 Å². The summed E-state index contributed by atoms with van der Waals surface area (Å²) in [5.74, 6) is 2.02. The molecule has 0 aromatic carbocycles. The highest BCUT2D eigenvalue weighted by atomic mass is 79.9. The Morgan fingerprint density at radius 2 is 2.00 bits per heavy atom. The van der Waals surface area contributed by atoms with Crippen LogP contribution in [0.2, 0.25) is 0 Å². The third-order valence-corrected chi connectivity index (χ3v) is 5.56. The Morgan fingerprint density at radius 3 is 2.80 bits per heavy atom. The molecule has 3 atom stereocenters. The number of halogens is 1. The zero-order chi connectivity index (χ0) is 13.9. The van der Waals surface area contributed by atoms with Gasteiger partial charge in [0.15, 0.2) is 0 Å². The Kier molecular flexibility index (Phi) is 4.39. The van der Waals surface area contributed by atoms with E-state index in [1.54, 1.807) is 6.20 Å². The summed E-state index contributed by atoms with van der Waals surface area (Å²) in [6.07, 6.45) is 10.5. The van der Waals surface area contributed by atoms with Crippen molar-refractivity contribution in [3.05, 3.63) is 22.9 Å². The molecule has 2 aliphatic rings. The van der Waals surface area contributed by atoms with Gasteiger partial charge >= 0.3 is 0 Å². The molecule has 2 fully saturated rings. The van der Waals surface area contributed by atoms with Gasteiger partial charge in [-0.3, -0.25) is 4.79 Å². The van der Waals surface area contributed by atoms with E-state index in [4.69, 9.17) is 0 Å². The molecule has 108 valence electrons. The molecule has 1 N–H and O–H groups in total. The van der Waals surface area contributed by atoms with E-state index in [0.717, 1.165) is 30.4 Å². The normalized spacial score (nSPS) is 29.6. The lowest BCUT2D eigenvalue weighted by Gasteiger charge is -2.38. The van der Waals surface area contributed by atoms with Gasteiger partial charge < -0.3 is 5.32 Å². The second-order valence-corrected chi connectivity index (χ2v) is 6.90. The summed E-state index contributed by atoms with van der Waals surface area (Å²) < 4.78 is 0.708. The molecule has 0 bridgehead atoms. The lowest BCUT2D eigenvalue weighted by Crippen LogP contribution is -2.33. The van der Waals surface area contributed by atoms with E-state index in [2.05, 4.69) is 26.2 Å². The smallest absolute Gasteiger partial charge is 0.227 e. The molecule has 0 radical (unpaired) electrons. The van der Waals surface area contributed by atoms with Crippen molar-refractivity contribution >= 4 is 27.5 Å². The van der Waals surface area contributed by atoms with Crippen LogP contribution in [-0.2, 0) is 4.79 Å². The molecular weight excluding hydrogens is 316 g/mol. The summed E-state index contributed by atoms with van der Waals surface area (Å²) in [5.41, 5.74) is 0.781. The summed E-state index contributed by atoms with van der Waals surface area (Å²) in [6.45, 7) is 0. The van der Waals surface area contributed by atoms with Crippen LogP contribution in [0.3, 0.4) is 0 Å². The molecule has 4 heteroatoms. The number of pyridine rings is 1. The van der Waals surface area contributed by atoms with Crippen LogP contribution >= 0.6 is 15.9 Å². The number of aromatic nitrogens is 1. The highest BCUT2D eigenvalue weighted by molar-refractivity contribution is 9.10. The first-order chi connectivity index (χ1) is 9.74. The summed E-state index contributed by atoms with van der Waals surface area (Å²) >= 11 is 3.38. The molecule has 1 aromatic heterocycles. The molecule has 2 saturated carbocycles. The Balaban J connectivity index is 1.62. The number of nitrogens with zero attached hydrogens (tertiary/aromatic N) is 1. The number of rotatable bonds is 2. The van der Waals surface area contributed by atoms with Crippen molar-refractivity contribution in [3.63, 3.8) is 0 Å². The van der Waals surface area contributed by atoms with Gasteiger partial charge in [0.05, 0.1) is 5.69 Å². The maximum atomic E-state index is 12.4. The van der Waals surface area contributed by atoms with E-state index in [1.807, 2.05) is 12.1 Å². The van der Waals surface area contributed by atoms with E-state index in [1.165, 1.54) is 32.1 Å².